The third-order valence-corrected chi connectivity index (χ3v) is 8.70. The number of hydrogen-bond acceptors (Lipinski definition) is 4. The van der Waals surface area contributed by atoms with Gasteiger partial charge in [0.15, 0.2) is 0 Å². The second kappa shape index (κ2) is 9.91. The molecule has 3 aliphatic rings. The molecule has 4 heteroatoms. The van der Waals surface area contributed by atoms with Crippen LogP contribution in [-0.4, -0.2) is 44.8 Å². The van der Waals surface area contributed by atoms with Crippen LogP contribution in [0.15, 0.2) is 35.5 Å². The Balaban J connectivity index is 1.68. The lowest BCUT2D eigenvalue weighted by Gasteiger charge is -2.44. The molecular formula is C27H44O4. The number of rotatable bonds is 7. The van der Waals surface area contributed by atoms with E-state index >= 15 is 0 Å². The zero-order valence-electron chi connectivity index (χ0n) is 19.8. The normalized spacial score (nSPS) is 39.5. The summed E-state index contributed by atoms with van der Waals surface area (Å²) in [4.78, 5) is 0. The molecule has 31 heavy (non-hydrogen) atoms. The minimum atomic E-state index is -0.958. The average molecular weight is 433 g/mol. The average Bonchev–Trinajstić information content (AvgIpc) is 3.07. The van der Waals surface area contributed by atoms with Gasteiger partial charge in [0.1, 0.15) is 0 Å². The fourth-order valence-electron chi connectivity index (χ4n) is 6.76. The summed E-state index contributed by atoms with van der Waals surface area (Å²) in [6.07, 6.45) is 13.1. The summed E-state index contributed by atoms with van der Waals surface area (Å²) in [5.41, 5.74) is 2.65. The Hall–Kier alpha value is -0.940. The van der Waals surface area contributed by atoms with Gasteiger partial charge in [-0.2, -0.15) is 0 Å². The lowest BCUT2D eigenvalue weighted by Crippen LogP contribution is -2.36. The van der Waals surface area contributed by atoms with E-state index in [4.69, 9.17) is 0 Å². The first-order valence-corrected chi connectivity index (χ1v) is 12.4. The number of aliphatic hydroxyl groups is 4. The van der Waals surface area contributed by atoms with E-state index in [2.05, 4.69) is 32.6 Å². The molecule has 3 aliphatic carbocycles. The van der Waals surface area contributed by atoms with Crippen LogP contribution in [0.4, 0.5) is 0 Å². The first-order chi connectivity index (χ1) is 14.6. The molecule has 0 aliphatic heterocycles. The van der Waals surface area contributed by atoms with Crippen LogP contribution in [-0.2, 0) is 0 Å². The topological polar surface area (TPSA) is 80.9 Å². The predicted octanol–water partition coefficient (Wildman–Crippen LogP) is 4.68. The molecular weight excluding hydrogens is 388 g/mol. The fraction of sp³-hybridized carbons (Fsp3) is 0.778. The molecule has 0 heterocycles. The van der Waals surface area contributed by atoms with Gasteiger partial charge in [-0.3, -0.25) is 0 Å². The smallest absolute Gasteiger partial charge is 0.0849 e. The van der Waals surface area contributed by atoms with Crippen molar-refractivity contribution in [2.75, 3.05) is 6.61 Å². The van der Waals surface area contributed by atoms with Gasteiger partial charge < -0.3 is 20.4 Å². The fourth-order valence-corrected chi connectivity index (χ4v) is 6.76. The summed E-state index contributed by atoms with van der Waals surface area (Å²) in [7, 11) is 0. The van der Waals surface area contributed by atoms with E-state index in [1.165, 1.54) is 31.3 Å². The molecule has 2 unspecified atom stereocenters. The minimum Gasteiger partial charge on any atom is -0.393 e. The molecule has 4 nitrogen and oxygen atoms in total. The van der Waals surface area contributed by atoms with Gasteiger partial charge in [0.2, 0.25) is 0 Å². The summed E-state index contributed by atoms with van der Waals surface area (Å²) in [6, 6.07) is 0. The first-order valence-electron chi connectivity index (χ1n) is 12.4. The standard InChI is InChI=1S/C27H44O4/c1-18(7-5-13-26(3,31)17-28)23-11-12-24-20(8-6-14-27(23,24)4)9-10-21-15-22(29)16-25(30)19(21)2/h9-10,18,22-25,28-31H,2,5-8,11-17H2,1,3-4H3/t18-,22-,23-,24?,25+,26?,27-/m1/s1. The maximum Gasteiger partial charge on any atom is 0.0849 e. The molecule has 0 saturated heterocycles. The van der Waals surface area contributed by atoms with E-state index in [9.17, 15) is 20.4 Å². The van der Waals surface area contributed by atoms with Gasteiger partial charge in [0.25, 0.3) is 0 Å². The van der Waals surface area contributed by atoms with E-state index in [1.807, 2.05) is 0 Å². The molecule has 3 rings (SSSR count). The Bertz CT molecular complexity index is 706. The predicted molar refractivity (Wildman–Crippen MR) is 125 cm³/mol. The maximum absolute atomic E-state index is 10.1. The number of aliphatic hydroxyl groups excluding tert-OH is 3. The monoisotopic (exact) mass is 432 g/mol. The Morgan fingerprint density at radius 3 is 2.71 bits per heavy atom. The molecule has 0 bridgehead atoms. The summed E-state index contributed by atoms with van der Waals surface area (Å²) < 4.78 is 0. The van der Waals surface area contributed by atoms with Crippen molar-refractivity contribution in [3.05, 3.63) is 35.5 Å². The molecule has 176 valence electrons. The maximum atomic E-state index is 10.1. The Morgan fingerprint density at radius 2 is 2.00 bits per heavy atom. The zero-order valence-corrected chi connectivity index (χ0v) is 19.8. The van der Waals surface area contributed by atoms with Crippen LogP contribution >= 0.6 is 0 Å². The van der Waals surface area contributed by atoms with Gasteiger partial charge in [0.05, 0.1) is 24.4 Å². The van der Waals surface area contributed by atoms with E-state index < -0.39 is 17.8 Å². The zero-order chi connectivity index (χ0) is 22.8. The second-order valence-corrected chi connectivity index (χ2v) is 11.2. The van der Waals surface area contributed by atoms with Crippen molar-refractivity contribution in [2.24, 2.45) is 23.2 Å². The summed E-state index contributed by atoms with van der Waals surface area (Å²) in [5, 5.41) is 39.5. The number of hydrogen-bond donors (Lipinski definition) is 4. The third-order valence-electron chi connectivity index (χ3n) is 8.70. The van der Waals surface area contributed by atoms with Crippen molar-refractivity contribution in [3.8, 4) is 0 Å². The van der Waals surface area contributed by atoms with Crippen LogP contribution in [0.1, 0.15) is 85.0 Å². The van der Waals surface area contributed by atoms with Gasteiger partial charge in [0, 0.05) is 6.42 Å². The van der Waals surface area contributed by atoms with Crippen LogP contribution < -0.4 is 0 Å². The highest BCUT2D eigenvalue weighted by Crippen LogP contribution is 2.60. The molecule has 0 aromatic carbocycles. The van der Waals surface area contributed by atoms with Gasteiger partial charge in [-0.05, 0) is 86.2 Å². The summed E-state index contributed by atoms with van der Waals surface area (Å²) >= 11 is 0. The molecule has 0 amide bonds. The number of allylic oxidation sites excluding steroid dienone is 3. The molecule has 0 aromatic heterocycles. The van der Waals surface area contributed by atoms with Crippen LogP contribution in [0.5, 0.6) is 0 Å². The van der Waals surface area contributed by atoms with Gasteiger partial charge in [-0.15, -0.1) is 0 Å². The largest absolute Gasteiger partial charge is 0.393 e. The molecule has 4 N–H and O–H groups in total. The molecule has 3 fully saturated rings. The molecule has 0 spiro atoms. The first kappa shape index (κ1) is 24.7. The molecule has 3 saturated carbocycles. The molecule has 7 atom stereocenters. The van der Waals surface area contributed by atoms with E-state index in [-0.39, 0.29) is 6.61 Å². The lowest BCUT2D eigenvalue weighted by atomic mass is 9.60. The summed E-state index contributed by atoms with van der Waals surface area (Å²) in [5.74, 6) is 1.92. The SMILES string of the molecule is C=C1C(=CC=C2CCC[C@@]3(C)C2CC[C@@H]3[C@H](C)CCCC(C)(O)CO)C[C@@H](O)C[C@@H]1O. The van der Waals surface area contributed by atoms with Gasteiger partial charge in [-0.1, -0.05) is 51.0 Å². The number of fused-ring (bicyclic) bond motifs is 1. The van der Waals surface area contributed by atoms with Crippen LogP contribution in [0.2, 0.25) is 0 Å². The lowest BCUT2D eigenvalue weighted by molar-refractivity contribution is -0.00891. The summed E-state index contributed by atoms with van der Waals surface area (Å²) in [6.45, 7) is 10.5. The van der Waals surface area contributed by atoms with Gasteiger partial charge in [-0.25, -0.2) is 0 Å². The third kappa shape index (κ3) is 5.52. The van der Waals surface area contributed by atoms with Crippen LogP contribution in [0.3, 0.4) is 0 Å². The highest BCUT2D eigenvalue weighted by molar-refractivity contribution is 5.38. The highest BCUT2D eigenvalue weighted by atomic mass is 16.3. The van der Waals surface area contributed by atoms with E-state index in [0.29, 0.717) is 42.4 Å². The van der Waals surface area contributed by atoms with Crippen molar-refractivity contribution >= 4 is 0 Å². The van der Waals surface area contributed by atoms with E-state index in [0.717, 1.165) is 30.4 Å². The van der Waals surface area contributed by atoms with Crippen LogP contribution in [0, 0.1) is 23.2 Å². The quantitative estimate of drug-likeness (QED) is 0.471. The molecule has 0 radical (unpaired) electrons. The van der Waals surface area contributed by atoms with Crippen molar-refractivity contribution in [1.29, 1.82) is 0 Å². The van der Waals surface area contributed by atoms with Crippen LogP contribution in [0.25, 0.3) is 0 Å². The minimum absolute atomic E-state index is 0.172. The van der Waals surface area contributed by atoms with Crippen molar-refractivity contribution in [3.63, 3.8) is 0 Å². The van der Waals surface area contributed by atoms with Crippen molar-refractivity contribution in [1.82, 2.24) is 0 Å². The Kier molecular flexibility index (Phi) is 7.89. The van der Waals surface area contributed by atoms with E-state index in [1.54, 1.807) is 6.92 Å². The Labute approximate surface area is 188 Å². The highest BCUT2D eigenvalue weighted by Gasteiger charge is 2.50. The Morgan fingerprint density at radius 1 is 1.26 bits per heavy atom. The second-order valence-electron chi connectivity index (χ2n) is 11.2. The molecule has 0 aromatic rings. The van der Waals surface area contributed by atoms with Gasteiger partial charge >= 0.3 is 0 Å². The van der Waals surface area contributed by atoms with Crippen molar-refractivity contribution < 1.29 is 20.4 Å². The van der Waals surface area contributed by atoms with Crippen molar-refractivity contribution in [2.45, 2.75) is 103 Å².